The lowest BCUT2D eigenvalue weighted by Gasteiger charge is -2.38. The van der Waals surface area contributed by atoms with Crippen LogP contribution in [0.1, 0.15) is 35.6 Å². The largest absolute Gasteiger partial charge is 0.493 e. The molecule has 2 heterocycles. The Morgan fingerprint density at radius 1 is 1.14 bits per heavy atom. The molecule has 0 aliphatic carbocycles. The third kappa shape index (κ3) is 4.29. The summed E-state index contributed by atoms with van der Waals surface area (Å²) >= 11 is 0. The van der Waals surface area contributed by atoms with E-state index in [4.69, 9.17) is 14.2 Å². The van der Waals surface area contributed by atoms with Crippen LogP contribution in [0.2, 0.25) is 0 Å². The van der Waals surface area contributed by atoms with Crippen molar-refractivity contribution in [3.63, 3.8) is 0 Å². The molecule has 0 saturated carbocycles. The molecule has 1 aromatic heterocycles. The van der Waals surface area contributed by atoms with Crippen molar-refractivity contribution in [2.75, 3.05) is 34.4 Å². The molecule has 7 heteroatoms. The van der Waals surface area contributed by atoms with Gasteiger partial charge in [0.1, 0.15) is 0 Å². The Bertz CT molecular complexity index is 837. The van der Waals surface area contributed by atoms with E-state index in [9.17, 15) is 9.90 Å². The van der Waals surface area contributed by atoms with Crippen LogP contribution in [0.4, 0.5) is 0 Å². The lowest BCUT2D eigenvalue weighted by Crippen LogP contribution is -2.39. The molecule has 156 valence electrons. The normalized spacial score (nSPS) is 16.3. The fourth-order valence-electron chi connectivity index (χ4n) is 4.04. The first-order valence-corrected chi connectivity index (χ1v) is 9.67. The summed E-state index contributed by atoms with van der Waals surface area (Å²) in [5, 5.41) is 9.36. The average molecular weight is 400 g/mol. The van der Waals surface area contributed by atoms with E-state index in [1.165, 1.54) is 0 Å². The molecule has 1 aliphatic heterocycles. The van der Waals surface area contributed by atoms with Crippen molar-refractivity contribution in [3.05, 3.63) is 47.3 Å². The minimum atomic E-state index is -0.714. The highest BCUT2D eigenvalue weighted by atomic mass is 16.5. The van der Waals surface area contributed by atoms with Gasteiger partial charge in [-0.1, -0.05) is 0 Å². The number of ether oxygens (including phenoxy) is 3. The first-order chi connectivity index (χ1) is 14.0. The maximum Gasteiger partial charge on any atom is 0.306 e. The maximum atomic E-state index is 11.4. The van der Waals surface area contributed by atoms with E-state index in [0.29, 0.717) is 43.2 Å². The molecular weight excluding hydrogens is 372 g/mol. The summed E-state index contributed by atoms with van der Waals surface area (Å²) in [6, 6.07) is 5.89. The highest BCUT2D eigenvalue weighted by Gasteiger charge is 2.32. The molecule has 29 heavy (non-hydrogen) atoms. The Labute approximate surface area is 171 Å². The molecule has 1 aromatic carbocycles. The summed E-state index contributed by atoms with van der Waals surface area (Å²) < 4.78 is 16.6. The fourth-order valence-corrected chi connectivity index (χ4v) is 4.04. The average Bonchev–Trinajstić information content (AvgIpc) is 2.74. The number of carbonyl (C=O) groups is 1. The van der Waals surface area contributed by atoms with Crippen LogP contribution >= 0.6 is 0 Å². The molecule has 1 atom stereocenters. The molecule has 1 unspecified atom stereocenters. The monoisotopic (exact) mass is 400 g/mol. The summed E-state index contributed by atoms with van der Waals surface area (Å²) in [6.07, 6.45) is 4.89. The minimum absolute atomic E-state index is 0.0681. The predicted molar refractivity (Wildman–Crippen MR) is 109 cm³/mol. The van der Waals surface area contributed by atoms with E-state index in [0.717, 1.165) is 16.7 Å². The maximum absolute atomic E-state index is 11.4. The first-order valence-electron chi connectivity index (χ1n) is 9.67. The van der Waals surface area contributed by atoms with Crippen molar-refractivity contribution in [2.24, 2.45) is 5.92 Å². The molecule has 0 spiro atoms. The molecule has 7 nitrogen and oxygen atoms in total. The van der Waals surface area contributed by atoms with Gasteiger partial charge in [0.15, 0.2) is 11.5 Å². The predicted octanol–water partition coefficient (Wildman–Crippen LogP) is 3.30. The number of piperidine rings is 1. The Balaban J connectivity index is 2.07. The van der Waals surface area contributed by atoms with E-state index < -0.39 is 5.97 Å². The smallest absolute Gasteiger partial charge is 0.306 e. The number of carboxylic acids is 1. The second-order valence-corrected chi connectivity index (χ2v) is 7.24. The Kier molecular flexibility index (Phi) is 6.59. The van der Waals surface area contributed by atoms with Crippen molar-refractivity contribution in [3.8, 4) is 17.2 Å². The first kappa shape index (κ1) is 20.9. The van der Waals surface area contributed by atoms with Crippen LogP contribution in [0.15, 0.2) is 30.6 Å². The van der Waals surface area contributed by atoms with Crippen molar-refractivity contribution in [2.45, 2.75) is 25.8 Å². The lowest BCUT2D eigenvalue weighted by molar-refractivity contribution is -0.143. The Morgan fingerprint density at radius 3 is 2.24 bits per heavy atom. The van der Waals surface area contributed by atoms with Gasteiger partial charge in [-0.05, 0) is 67.7 Å². The number of pyridine rings is 1. The molecule has 1 N–H and O–H groups in total. The number of benzene rings is 1. The Hall–Kier alpha value is -2.80. The number of rotatable bonds is 7. The third-order valence-electron chi connectivity index (χ3n) is 5.61. The number of likely N-dealkylation sites (tertiary alicyclic amines) is 1. The molecule has 1 saturated heterocycles. The fraction of sp³-hybridized carbons (Fsp3) is 0.455. The van der Waals surface area contributed by atoms with Gasteiger partial charge in [0, 0.05) is 12.4 Å². The quantitative estimate of drug-likeness (QED) is 0.764. The van der Waals surface area contributed by atoms with Gasteiger partial charge in [0.05, 0.1) is 33.3 Å². The van der Waals surface area contributed by atoms with Crippen molar-refractivity contribution >= 4 is 5.97 Å². The zero-order chi connectivity index (χ0) is 21.0. The number of hydrogen-bond acceptors (Lipinski definition) is 6. The molecule has 0 amide bonds. The minimum Gasteiger partial charge on any atom is -0.493 e. The summed E-state index contributed by atoms with van der Waals surface area (Å²) in [6.45, 7) is 3.43. The Morgan fingerprint density at radius 2 is 1.76 bits per heavy atom. The zero-order valence-electron chi connectivity index (χ0n) is 17.3. The van der Waals surface area contributed by atoms with E-state index in [-0.39, 0.29) is 12.0 Å². The lowest BCUT2D eigenvalue weighted by atomic mass is 9.90. The van der Waals surface area contributed by atoms with Crippen molar-refractivity contribution < 1.29 is 24.1 Å². The standard InChI is InChI=1S/C22H28N2O5/c1-14-13-23-8-5-17(14)20(24-9-6-15(7-10-24)22(25)26)16-11-18(27-2)21(29-4)19(12-16)28-3/h5,8,11-13,15,20H,6-7,9-10H2,1-4H3,(H,25,26). The van der Waals surface area contributed by atoms with Gasteiger partial charge < -0.3 is 19.3 Å². The molecule has 0 radical (unpaired) electrons. The van der Waals surface area contributed by atoms with E-state index in [2.05, 4.69) is 9.88 Å². The third-order valence-corrected chi connectivity index (χ3v) is 5.61. The topological polar surface area (TPSA) is 81.1 Å². The summed E-state index contributed by atoms with van der Waals surface area (Å²) in [5.74, 6) is 0.742. The van der Waals surface area contributed by atoms with Gasteiger partial charge in [0.25, 0.3) is 0 Å². The van der Waals surface area contributed by atoms with Crippen LogP contribution in [0.25, 0.3) is 0 Å². The molecule has 3 rings (SSSR count). The van der Waals surface area contributed by atoms with Crippen LogP contribution in [0.3, 0.4) is 0 Å². The number of hydrogen-bond donors (Lipinski definition) is 1. The van der Waals surface area contributed by atoms with E-state index in [1.54, 1.807) is 27.5 Å². The van der Waals surface area contributed by atoms with Crippen LogP contribution in [-0.2, 0) is 4.79 Å². The van der Waals surface area contributed by atoms with Crippen LogP contribution in [0, 0.1) is 12.8 Å². The highest BCUT2D eigenvalue weighted by molar-refractivity contribution is 5.70. The number of nitrogens with zero attached hydrogens (tertiary/aromatic N) is 2. The molecular formula is C22H28N2O5. The number of aromatic nitrogens is 1. The van der Waals surface area contributed by atoms with Gasteiger partial charge in [-0.2, -0.15) is 0 Å². The number of aliphatic carboxylic acids is 1. The summed E-state index contributed by atoms with van der Waals surface area (Å²) in [4.78, 5) is 17.9. The van der Waals surface area contributed by atoms with Crippen LogP contribution in [0.5, 0.6) is 17.2 Å². The SMILES string of the molecule is COc1cc(C(c2ccncc2C)N2CCC(C(=O)O)CC2)cc(OC)c1OC. The van der Waals surface area contributed by atoms with Crippen molar-refractivity contribution in [1.29, 1.82) is 0 Å². The van der Waals surface area contributed by atoms with Gasteiger partial charge in [0.2, 0.25) is 5.75 Å². The highest BCUT2D eigenvalue weighted by Crippen LogP contribution is 2.43. The van der Waals surface area contributed by atoms with Gasteiger partial charge in [-0.3, -0.25) is 14.7 Å². The molecule has 0 bridgehead atoms. The number of carboxylic acid groups (broad SMARTS) is 1. The van der Waals surface area contributed by atoms with Gasteiger partial charge in [-0.15, -0.1) is 0 Å². The van der Waals surface area contributed by atoms with Gasteiger partial charge >= 0.3 is 5.97 Å². The van der Waals surface area contributed by atoms with E-state index >= 15 is 0 Å². The summed E-state index contributed by atoms with van der Waals surface area (Å²) in [5.41, 5.74) is 3.21. The second-order valence-electron chi connectivity index (χ2n) is 7.24. The van der Waals surface area contributed by atoms with Crippen molar-refractivity contribution in [1.82, 2.24) is 9.88 Å². The second kappa shape index (κ2) is 9.13. The van der Waals surface area contributed by atoms with Crippen LogP contribution in [-0.4, -0.2) is 55.4 Å². The van der Waals surface area contributed by atoms with Gasteiger partial charge in [-0.25, -0.2) is 0 Å². The zero-order valence-corrected chi connectivity index (χ0v) is 17.3. The van der Waals surface area contributed by atoms with Crippen LogP contribution < -0.4 is 14.2 Å². The summed E-state index contributed by atoms with van der Waals surface area (Å²) in [7, 11) is 4.79. The molecule has 2 aromatic rings. The number of aryl methyl sites for hydroxylation is 1. The molecule has 1 aliphatic rings. The molecule has 1 fully saturated rings. The van der Waals surface area contributed by atoms with E-state index in [1.807, 2.05) is 31.3 Å². The number of methoxy groups -OCH3 is 3.